The summed E-state index contributed by atoms with van der Waals surface area (Å²) in [4.78, 5) is 5.58. The predicted molar refractivity (Wildman–Crippen MR) is 59.7 cm³/mol. The molecule has 2 N–H and O–H groups in total. The quantitative estimate of drug-likeness (QED) is 0.855. The fourth-order valence-corrected chi connectivity index (χ4v) is 1.57. The first-order chi connectivity index (χ1) is 7.70. The van der Waals surface area contributed by atoms with Crippen molar-refractivity contribution < 1.29 is 13.2 Å². The molecule has 1 rings (SSSR count). The molecule has 0 radical (unpaired) electrons. The van der Waals surface area contributed by atoms with Gasteiger partial charge >= 0.3 is 6.18 Å². The molecule has 0 saturated heterocycles. The van der Waals surface area contributed by atoms with Crippen molar-refractivity contribution in [2.45, 2.75) is 12.2 Å². The third-order valence-corrected chi connectivity index (χ3v) is 2.28. The fourth-order valence-electron chi connectivity index (χ4n) is 1.36. The normalized spacial score (nSPS) is 14.1. The number of pyridine rings is 1. The topological polar surface area (TPSA) is 42.1 Å². The molecular weight excluding hydrogens is 255 g/mol. The van der Waals surface area contributed by atoms with Crippen LogP contribution in [0.4, 0.5) is 13.2 Å². The second-order valence-corrected chi connectivity index (χ2v) is 4.36. The first-order valence-electron chi connectivity index (χ1n) is 4.85. The Labute approximate surface area is 102 Å². The molecule has 0 fully saturated rings. The smallest absolute Gasteiger partial charge is 0.322 e. The lowest BCUT2D eigenvalue weighted by molar-refractivity contribution is -0.137. The highest BCUT2D eigenvalue weighted by Gasteiger charge is 2.32. The number of rotatable bonds is 3. The van der Waals surface area contributed by atoms with Crippen molar-refractivity contribution in [1.29, 1.82) is 0 Å². The van der Waals surface area contributed by atoms with Gasteiger partial charge in [-0.2, -0.15) is 13.2 Å². The molecule has 0 saturated carbocycles. The Balaban J connectivity index is 3.05. The van der Waals surface area contributed by atoms with E-state index < -0.39 is 17.8 Å². The van der Waals surface area contributed by atoms with Crippen LogP contribution in [0.5, 0.6) is 0 Å². The van der Waals surface area contributed by atoms with Crippen molar-refractivity contribution in [3.8, 4) is 0 Å². The molecular formula is C10H13ClF3N3. The molecule has 0 spiro atoms. The van der Waals surface area contributed by atoms with E-state index in [0.717, 1.165) is 12.1 Å². The Morgan fingerprint density at radius 1 is 1.41 bits per heavy atom. The van der Waals surface area contributed by atoms with E-state index >= 15 is 0 Å². The molecule has 0 bridgehead atoms. The molecule has 1 unspecified atom stereocenters. The van der Waals surface area contributed by atoms with Gasteiger partial charge in [-0.15, -0.1) is 0 Å². The van der Waals surface area contributed by atoms with Crippen LogP contribution in [0.2, 0.25) is 5.15 Å². The van der Waals surface area contributed by atoms with Gasteiger partial charge in [0.05, 0.1) is 17.3 Å². The number of hydrogen-bond acceptors (Lipinski definition) is 3. The van der Waals surface area contributed by atoms with Crippen LogP contribution < -0.4 is 5.73 Å². The molecule has 96 valence electrons. The zero-order valence-corrected chi connectivity index (χ0v) is 10.2. The molecule has 1 atom stereocenters. The van der Waals surface area contributed by atoms with Gasteiger partial charge in [-0.1, -0.05) is 11.6 Å². The van der Waals surface area contributed by atoms with Gasteiger partial charge in [0.25, 0.3) is 0 Å². The lowest BCUT2D eigenvalue weighted by atomic mass is 10.1. The van der Waals surface area contributed by atoms with Crippen molar-refractivity contribution in [1.82, 2.24) is 9.88 Å². The van der Waals surface area contributed by atoms with Crippen LogP contribution in [0.1, 0.15) is 17.3 Å². The van der Waals surface area contributed by atoms with Gasteiger partial charge in [-0.25, -0.2) is 4.98 Å². The van der Waals surface area contributed by atoms with E-state index in [2.05, 4.69) is 4.98 Å². The minimum atomic E-state index is -4.45. The maximum Gasteiger partial charge on any atom is 0.416 e. The maximum atomic E-state index is 12.5. The average Bonchev–Trinajstić information content (AvgIpc) is 2.14. The second-order valence-electron chi connectivity index (χ2n) is 3.97. The van der Waals surface area contributed by atoms with E-state index in [4.69, 9.17) is 17.3 Å². The maximum absolute atomic E-state index is 12.5. The summed E-state index contributed by atoms with van der Waals surface area (Å²) in [5.74, 6) is 0. The minimum absolute atomic E-state index is 0.138. The van der Waals surface area contributed by atoms with Crippen LogP contribution in [-0.2, 0) is 6.18 Å². The lowest BCUT2D eigenvalue weighted by Gasteiger charge is -2.17. The van der Waals surface area contributed by atoms with Gasteiger partial charge in [-0.3, -0.25) is 0 Å². The molecule has 0 aliphatic heterocycles. The largest absolute Gasteiger partial charge is 0.416 e. The number of hydrogen-bond donors (Lipinski definition) is 1. The van der Waals surface area contributed by atoms with E-state index in [1.807, 2.05) is 0 Å². The molecule has 1 heterocycles. The lowest BCUT2D eigenvalue weighted by Crippen LogP contribution is -2.27. The van der Waals surface area contributed by atoms with Crippen LogP contribution in [0.15, 0.2) is 12.1 Å². The summed E-state index contributed by atoms with van der Waals surface area (Å²) in [7, 11) is 3.55. The van der Waals surface area contributed by atoms with Gasteiger partial charge in [0.15, 0.2) is 0 Å². The number of nitrogens with two attached hydrogens (primary N) is 1. The molecule has 3 nitrogen and oxygen atoms in total. The van der Waals surface area contributed by atoms with Crippen LogP contribution in [-0.4, -0.2) is 30.5 Å². The highest BCUT2D eigenvalue weighted by Crippen LogP contribution is 2.31. The van der Waals surface area contributed by atoms with E-state index in [1.165, 1.54) is 0 Å². The average molecular weight is 268 g/mol. The van der Waals surface area contributed by atoms with Crippen LogP contribution >= 0.6 is 11.6 Å². The second kappa shape index (κ2) is 5.20. The van der Waals surface area contributed by atoms with Crippen LogP contribution in [0.25, 0.3) is 0 Å². The SMILES string of the molecule is CN(C)CC(N)c1cc(C(F)(F)F)cc(Cl)n1. The van der Waals surface area contributed by atoms with E-state index in [-0.39, 0.29) is 10.8 Å². The van der Waals surface area contributed by atoms with Gasteiger partial charge in [0, 0.05) is 6.54 Å². The molecule has 0 aliphatic carbocycles. The fraction of sp³-hybridized carbons (Fsp3) is 0.500. The number of nitrogens with zero attached hydrogens (tertiary/aromatic N) is 2. The van der Waals surface area contributed by atoms with Crippen LogP contribution in [0, 0.1) is 0 Å². The highest BCUT2D eigenvalue weighted by atomic mass is 35.5. The summed E-state index contributed by atoms with van der Waals surface area (Å²) in [6, 6.07) is 1.11. The summed E-state index contributed by atoms with van der Waals surface area (Å²) in [5.41, 5.74) is 5.05. The number of likely N-dealkylation sites (N-methyl/N-ethyl adjacent to an activating group) is 1. The molecule has 0 amide bonds. The van der Waals surface area contributed by atoms with E-state index in [9.17, 15) is 13.2 Å². The van der Waals surface area contributed by atoms with E-state index in [1.54, 1.807) is 19.0 Å². The summed E-state index contributed by atoms with van der Waals surface area (Å²) < 4.78 is 37.6. The number of halogens is 4. The molecule has 1 aromatic rings. The molecule has 7 heteroatoms. The van der Waals surface area contributed by atoms with Crippen molar-refractivity contribution in [2.24, 2.45) is 5.73 Å². The standard InChI is InChI=1S/C10H13ClF3N3/c1-17(2)5-7(15)8-3-6(10(12,13)14)4-9(11)16-8/h3-4,7H,5,15H2,1-2H3. The Kier molecular flexibility index (Phi) is 4.35. The van der Waals surface area contributed by atoms with Gasteiger partial charge in [0.1, 0.15) is 5.15 Å². The monoisotopic (exact) mass is 267 g/mol. The first kappa shape index (κ1) is 14.2. The Bertz CT molecular complexity index is 393. The summed E-state index contributed by atoms with van der Waals surface area (Å²) >= 11 is 5.56. The van der Waals surface area contributed by atoms with Crippen molar-refractivity contribution in [3.05, 3.63) is 28.5 Å². The third-order valence-electron chi connectivity index (χ3n) is 2.08. The summed E-state index contributed by atoms with van der Waals surface area (Å²) in [5, 5.41) is -0.205. The third kappa shape index (κ3) is 4.14. The van der Waals surface area contributed by atoms with Gasteiger partial charge < -0.3 is 10.6 Å². The van der Waals surface area contributed by atoms with Gasteiger partial charge in [-0.05, 0) is 26.2 Å². The highest BCUT2D eigenvalue weighted by molar-refractivity contribution is 6.29. The van der Waals surface area contributed by atoms with Crippen molar-refractivity contribution >= 4 is 11.6 Å². The summed E-state index contributed by atoms with van der Waals surface area (Å²) in [6.07, 6.45) is -4.45. The summed E-state index contributed by atoms with van der Waals surface area (Å²) in [6.45, 7) is 0.393. The molecule has 17 heavy (non-hydrogen) atoms. The van der Waals surface area contributed by atoms with E-state index in [0.29, 0.717) is 6.54 Å². The Morgan fingerprint density at radius 2 is 2.00 bits per heavy atom. The molecule has 0 aliphatic rings. The van der Waals surface area contributed by atoms with Crippen LogP contribution in [0.3, 0.4) is 0 Å². The predicted octanol–water partition coefficient (Wildman–Crippen LogP) is 2.32. The van der Waals surface area contributed by atoms with Crippen molar-refractivity contribution in [3.63, 3.8) is 0 Å². The zero-order valence-electron chi connectivity index (χ0n) is 9.42. The number of aromatic nitrogens is 1. The Morgan fingerprint density at radius 3 is 2.47 bits per heavy atom. The molecule has 1 aromatic heterocycles. The molecule has 0 aromatic carbocycles. The zero-order chi connectivity index (χ0) is 13.2. The van der Waals surface area contributed by atoms with Crippen molar-refractivity contribution in [2.75, 3.05) is 20.6 Å². The number of alkyl halides is 3. The van der Waals surface area contributed by atoms with Gasteiger partial charge in [0.2, 0.25) is 0 Å². The minimum Gasteiger partial charge on any atom is -0.322 e. The first-order valence-corrected chi connectivity index (χ1v) is 5.23. The Hall–Kier alpha value is -0.850.